The number of thiazole rings is 1. The van der Waals surface area contributed by atoms with E-state index < -0.39 is 23.7 Å². The van der Waals surface area contributed by atoms with E-state index in [1.807, 2.05) is 28.5 Å². The Morgan fingerprint density at radius 2 is 2.03 bits per heavy atom. The van der Waals surface area contributed by atoms with Gasteiger partial charge in [0.1, 0.15) is 22.9 Å². The van der Waals surface area contributed by atoms with Crippen LogP contribution in [0, 0.1) is 5.82 Å². The number of amides is 1. The number of nitrogens with one attached hydrogen (secondary N) is 1. The van der Waals surface area contributed by atoms with Gasteiger partial charge in [-0.15, -0.1) is 11.3 Å². The zero-order chi connectivity index (χ0) is 26.9. The molecule has 4 rings (SSSR count). The normalized spacial score (nSPS) is 12.7. The van der Waals surface area contributed by atoms with Crippen LogP contribution in [0.1, 0.15) is 33.4 Å². The van der Waals surface area contributed by atoms with Gasteiger partial charge in [-0.05, 0) is 59.4 Å². The van der Waals surface area contributed by atoms with E-state index in [2.05, 4.69) is 15.3 Å². The molecule has 4 aromatic rings. The first kappa shape index (κ1) is 27.5. The van der Waals surface area contributed by atoms with E-state index in [4.69, 9.17) is 4.74 Å². The zero-order valence-electron chi connectivity index (χ0n) is 20.6. The maximum Gasteiger partial charge on any atom is 0.326 e. The molecule has 198 valence electrons. The maximum absolute atomic E-state index is 13.6. The van der Waals surface area contributed by atoms with Crippen molar-refractivity contribution in [3.8, 4) is 11.1 Å². The van der Waals surface area contributed by atoms with Crippen molar-refractivity contribution in [3.05, 3.63) is 94.7 Å². The predicted octanol–water partition coefficient (Wildman–Crippen LogP) is 4.89. The van der Waals surface area contributed by atoms with Crippen LogP contribution in [0.4, 0.5) is 4.39 Å². The Kier molecular flexibility index (Phi) is 9.63. The van der Waals surface area contributed by atoms with Gasteiger partial charge in [0.2, 0.25) is 0 Å². The number of hydrogen-bond acceptors (Lipinski definition) is 7. The van der Waals surface area contributed by atoms with Crippen LogP contribution in [-0.2, 0) is 16.1 Å². The number of carboxylic acid groups (broad SMARTS) is 1. The molecule has 2 heterocycles. The largest absolute Gasteiger partial charge is 0.480 e. The molecule has 11 heteroatoms. The number of carbonyl (C=O) groups is 2. The molecule has 0 saturated carbocycles. The molecule has 2 aromatic carbocycles. The molecule has 38 heavy (non-hydrogen) atoms. The van der Waals surface area contributed by atoms with E-state index in [1.165, 1.54) is 35.2 Å². The Morgan fingerprint density at radius 3 is 2.68 bits per heavy atom. The summed E-state index contributed by atoms with van der Waals surface area (Å²) < 4.78 is 21.6. The minimum atomic E-state index is -1.09. The van der Waals surface area contributed by atoms with Crippen molar-refractivity contribution < 1.29 is 23.8 Å². The van der Waals surface area contributed by atoms with Crippen LogP contribution in [0.25, 0.3) is 11.1 Å². The summed E-state index contributed by atoms with van der Waals surface area (Å²) in [6, 6.07) is 9.92. The molecule has 0 radical (unpaired) electrons. The average Bonchev–Trinajstić information content (AvgIpc) is 3.64. The Bertz CT molecular complexity index is 1300. The van der Waals surface area contributed by atoms with Gasteiger partial charge in [0.15, 0.2) is 0 Å². The highest BCUT2D eigenvalue weighted by Crippen LogP contribution is 2.27. The number of benzene rings is 2. The van der Waals surface area contributed by atoms with E-state index in [-0.39, 0.29) is 12.6 Å². The second-order valence-corrected chi connectivity index (χ2v) is 10.4. The third-order valence-electron chi connectivity index (χ3n) is 5.86. The second kappa shape index (κ2) is 13.3. The molecule has 8 nitrogen and oxygen atoms in total. The SMILES string of the molecule is CSCC[C@H](NC(=O)c1ccc(COCC(c2nccs2)n2ccnc2)cc1-c1ccc(F)cc1)C(=O)O. The number of aliphatic carboxylic acids is 1. The Hall–Kier alpha value is -3.54. The molecule has 0 aliphatic heterocycles. The third kappa shape index (κ3) is 7.06. The molecule has 0 aliphatic carbocycles. The number of nitrogens with zero attached hydrogens (tertiary/aromatic N) is 3. The number of imidazole rings is 1. The summed E-state index contributed by atoms with van der Waals surface area (Å²) in [5, 5.41) is 15.0. The number of rotatable bonds is 13. The van der Waals surface area contributed by atoms with E-state index in [0.717, 1.165) is 10.6 Å². The second-order valence-electron chi connectivity index (χ2n) is 8.44. The van der Waals surface area contributed by atoms with Gasteiger partial charge in [-0.1, -0.05) is 18.2 Å². The third-order valence-corrected chi connectivity index (χ3v) is 7.38. The first-order valence-corrected chi connectivity index (χ1v) is 14.1. The van der Waals surface area contributed by atoms with Gasteiger partial charge >= 0.3 is 5.97 Å². The van der Waals surface area contributed by atoms with Crippen molar-refractivity contribution in [3.63, 3.8) is 0 Å². The lowest BCUT2D eigenvalue weighted by Crippen LogP contribution is -2.41. The van der Waals surface area contributed by atoms with Gasteiger partial charge in [0, 0.05) is 29.5 Å². The fourth-order valence-electron chi connectivity index (χ4n) is 3.90. The summed E-state index contributed by atoms with van der Waals surface area (Å²) in [7, 11) is 0. The minimum Gasteiger partial charge on any atom is -0.480 e. The Morgan fingerprint density at radius 1 is 1.21 bits per heavy atom. The summed E-state index contributed by atoms with van der Waals surface area (Å²) >= 11 is 3.04. The molecule has 1 unspecified atom stereocenters. The predicted molar refractivity (Wildman–Crippen MR) is 146 cm³/mol. The highest BCUT2D eigenvalue weighted by atomic mass is 32.2. The van der Waals surface area contributed by atoms with Crippen molar-refractivity contribution in [2.75, 3.05) is 18.6 Å². The van der Waals surface area contributed by atoms with Crippen molar-refractivity contribution in [1.82, 2.24) is 19.9 Å². The van der Waals surface area contributed by atoms with E-state index in [1.54, 1.807) is 43.0 Å². The molecule has 2 N–H and O–H groups in total. The van der Waals surface area contributed by atoms with Crippen LogP contribution >= 0.6 is 23.1 Å². The number of hydrogen-bond donors (Lipinski definition) is 2. The van der Waals surface area contributed by atoms with Gasteiger partial charge in [-0.2, -0.15) is 11.8 Å². The van der Waals surface area contributed by atoms with Crippen molar-refractivity contribution in [2.45, 2.75) is 25.1 Å². The molecule has 0 saturated heterocycles. The van der Waals surface area contributed by atoms with Crippen molar-refractivity contribution in [2.24, 2.45) is 0 Å². The molecular formula is C27H27FN4O4S2. The first-order valence-electron chi connectivity index (χ1n) is 11.8. The number of carboxylic acids is 1. The average molecular weight is 555 g/mol. The fourth-order valence-corrected chi connectivity index (χ4v) is 5.10. The number of halogens is 1. The standard InChI is InChI=1S/C27H27FN4O4S2/c1-37-12-8-23(27(34)35)31-25(33)21-7-2-18(14-22(21)19-3-5-20(28)6-4-19)15-36-16-24(26-30-10-13-38-26)32-11-9-29-17-32/h2-7,9-11,13-14,17,23-24H,8,12,15-16H2,1H3,(H,31,33)(H,34,35)/t23-,24?/m0/s1. The van der Waals surface area contributed by atoms with Gasteiger partial charge in [0.25, 0.3) is 5.91 Å². The molecule has 0 fully saturated rings. The van der Waals surface area contributed by atoms with Gasteiger partial charge in [0.05, 0.1) is 19.5 Å². The maximum atomic E-state index is 13.6. The van der Waals surface area contributed by atoms with Gasteiger partial charge in [-0.25, -0.2) is 19.2 Å². The summed E-state index contributed by atoms with van der Waals surface area (Å²) in [6.45, 7) is 0.617. The summed E-state index contributed by atoms with van der Waals surface area (Å²) in [5.74, 6) is -1.39. The smallest absolute Gasteiger partial charge is 0.326 e. The molecule has 0 spiro atoms. The zero-order valence-corrected chi connectivity index (χ0v) is 22.3. The van der Waals surface area contributed by atoms with Crippen LogP contribution in [-0.4, -0.2) is 56.2 Å². The quantitative estimate of drug-likeness (QED) is 0.242. The molecule has 0 bridgehead atoms. The van der Waals surface area contributed by atoms with Crippen molar-refractivity contribution >= 4 is 35.0 Å². The number of carbonyl (C=O) groups excluding carboxylic acids is 1. The van der Waals surface area contributed by atoms with Crippen LogP contribution in [0.5, 0.6) is 0 Å². The molecular weight excluding hydrogens is 527 g/mol. The number of aromatic nitrogens is 3. The van der Waals surface area contributed by atoms with Crippen LogP contribution in [0.2, 0.25) is 0 Å². The Balaban J connectivity index is 1.54. The van der Waals surface area contributed by atoms with Crippen LogP contribution in [0.15, 0.2) is 72.8 Å². The molecule has 0 aliphatic rings. The van der Waals surface area contributed by atoms with E-state index in [9.17, 15) is 19.1 Å². The summed E-state index contributed by atoms with van der Waals surface area (Å²) in [4.78, 5) is 33.4. The molecule has 2 atom stereocenters. The highest BCUT2D eigenvalue weighted by Gasteiger charge is 2.23. The Labute approximate surface area is 227 Å². The van der Waals surface area contributed by atoms with Crippen LogP contribution < -0.4 is 5.32 Å². The monoisotopic (exact) mass is 554 g/mol. The highest BCUT2D eigenvalue weighted by molar-refractivity contribution is 7.98. The molecule has 1 amide bonds. The van der Waals surface area contributed by atoms with Crippen LogP contribution in [0.3, 0.4) is 0 Å². The summed E-state index contributed by atoms with van der Waals surface area (Å²) in [6.07, 6.45) is 9.21. The number of thioether (sulfide) groups is 1. The number of ether oxygens (including phenoxy) is 1. The fraction of sp³-hybridized carbons (Fsp3) is 0.259. The lowest BCUT2D eigenvalue weighted by atomic mass is 9.96. The van der Waals surface area contributed by atoms with E-state index in [0.29, 0.717) is 35.5 Å². The van der Waals surface area contributed by atoms with Gasteiger partial charge in [-0.3, -0.25) is 4.79 Å². The topological polar surface area (TPSA) is 106 Å². The first-order chi connectivity index (χ1) is 18.5. The minimum absolute atomic E-state index is 0.131. The summed E-state index contributed by atoms with van der Waals surface area (Å²) in [5.41, 5.74) is 2.30. The lowest BCUT2D eigenvalue weighted by molar-refractivity contribution is -0.139. The van der Waals surface area contributed by atoms with Crippen molar-refractivity contribution in [1.29, 1.82) is 0 Å². The van der Waals surface area contributed by atoms with E-state index >= 15 is 0 Å². The molecule has 2 aromatic heterocycles. The lowest BCUT2D eigenvalue weighted by Gasteiger charge is -2.18. The van der Waals surface area contributed by atoms with Gasteiger partial charge < -0.3 is 19.7 Å².